The number of anilines is 1. The van der Waals surface area contributed by atoms with Gasteiger partial charge in [0.25, 0.3) is 21.8 Å². The van der Waals surface area contributed by atoms with Gasteiger partial charge >= 0.3 is 0 Å². The van der Waals surface area contributed by atoms with E-state index in [9.17, 15) is 23.1 Å². The number of carbonyl (C=O) groups excluding carboxylic acids is 2. The van der Waals surface area contributed by atoms with Crippen LogP contribution in [0.3, 0.4) is 0 Å². The average Bonchev–Trinajstić information content (AvgIpc) is 3.06. The number of rotatable bonds is 8. The van der Waals surface area contributed by atoms with Crippen LogP contribution in [-0.4, -0.2) is 86.7 Å². The Balaban J connectivity index is 1.66. The maximum absolute atomic E-state index is 14.4. The summed E-state index contributed by atoms with van der Waals surface area (Å²) in [4.78, 5) is 30.8. The number of aliphatic hydroxyl groups excluding tert-OH is 1. The lowest BCUT2D eigenvalue weighted by Gasteiger charge is -2.36. The van der Waals surface area contributed by atoms with Crippen molar-refractivity contribution in [2.45, 2.75) is 70.1 Å². The first kappa shape index (κ1) is 35.9. The minimum absolute atomic E-state index is 0.102. The number of carbonyl (C=O) groups is 2. The molecule has 2 amide bonds. The molecule has 1 aliphatic heterocycles. The molecule has 3 aromatic carbocycles. The molecule has 47 heavy (non-hydrogen) atoms. The van der Waals surface area contributed by atoms with Crippen molar-refractivity contribution < 1.29 is 32.6 Å². The molecule has 11 heteroatoms. The Hall–Kier alpha value is -3.93. The van der Waals surface area contributed by atoms with Crippen LogP contribution in [0.5, 0.6) is 5.75 Å². The highest BCUT2D eigenvalue weighted by Gasteiger charge is 2.31. The summed E-state index contributed by atoms with van der Waals surface area (Å²) in [6.45, 7) is 8.25. The zero-order valence-corrected chi connectivity index (χ0v) is 28.7. The minimum atomic E-state index is -3.93. The van der Waals surface area contributed by atoms with Crippen LogP contribution < -0.4 is 9.46 Å². The van der Waals surface area contributed by atoms with Gasteiger partial charge in [-0.15, -0.1) is 0 Å². The summed E-state index contributed by atoms with van der Waals surface area (Å²) < 4.78 is 41.6. The van der Waals surface area contributed by atoms with Crippen LogP contribution >= 0.6 is 0 Å². The number of fused-ring (bicyclic) bond motifs is 1. The SMILES string of the molecule is Cc1ccc(S(=O)(=O)Nc2ccc3c(c2)C(=O)N([C@@H](C)CO)C[C@@H](C)[C@@H](CN(C)C(=O)c2ccccc2)OCCCC[C@@H](C)O3)cc1. The Morgan fingerprint density at radius 3 is 2.45 bits per heavy atom. The molecule has 3 aromatic rings. The number of aliphatic hydroxyl groups is 1. The molecule has 4 rings (SSSR count). The fraction of sp³-hybridized carbons (Fsp3) is 0.444. The van der Waals surface area contributed by atoms with Gasteiger partial charge in [0.15, 0.2) is 0 Å². The minimum Gasteiger partial charge on any atom is -0.490 e. The molecule has 0 saturated carbocycles. The summed E-state index contributed by atoms with van der Waals surface area (Å²) in [5.74, 6) is -0.436. The Bertz CT molecular complexity index is 1600. The first-order valence-electron chi connectivity index (χ1n) is 16.1. The summed E-state index contributed by atoms with van der Waals surface area (Å²) in [7, 11) is -2.19. The predicted octanol–water partition coefficient (Wildman–Crippen LogP) is 5.36. The molecule has 0 saturated heterocycles. The van der Waals surface area contributed by atoms with Gasteiger partial charge in [-0.25, -0.2) is 8.42 Å². The monoisotopic (exact) mass is 665 g/mol. The lowest BCUT2D eigenvalue weighted by atomic mass is 10.0. The number of benzene rings is 3. The van der Waals surface area contributed by atoms with Gasteiger partial charge in [-0.2, -0.15) is 0 Å². The highest BCUT2D eigenvalue weighted by molar-refractivity contribution is 7.92. The molecule has 1 heterocycles. The van der Waals surface area contributed by atoms with Crippen LogP contribution in [0.2, 0.25) is 0 Å². The molecular formula is C36H47N3O7S. The molecule has 0 aliphatic carbocycles. The van der Waals surface area contributed by atoms with Crippen LogP contribution in [0, 0.1) is 12.8 Å². The first-order valence-corrected chi connectivity index (χ1v) is 17.6. The molecule has 0 radical (unpaired) electrons. The van der Waals surface area contributed by atoms with E-state index in [4.69, 9.17) is 9.47 Å². The van der Waals surface area contributed by atoms with E-state index in [2.05, 4.69) is 4.72 Å². The second-order valence-electron chi connectivity index (χ2n) is 12.5. The lowest BCUT2D eigenvalue weighted by Crippen LogP contribution is -2.48. The van der Waals surface area contributed by atoms with Crippen LogP contribution in [0.4, 0.5) is 5.69 Å². The molecule has 1 aliphatic rings. The summed E-state index contributed by atoms with van der Waals surface area (Å²) >= 11 is 0. The number of nitrogens with one attached hydrogen (secondary N) is 1. The number of amides is 2. The maximum atomic E-state index is 14.4. The second kappa shape index (κ2) is 16.3. The number of nitrogens with zero attached hydrogens (tertiary/aromatic N) is 2. The highest BCUT2D eigenvalue weighted by atomic mass is 32.2. The van der Waals surface area contributed by atoms with Crippen LogP contribution in [0.15, 0.2) is 77.7 Å². The molecule has 0 fully saturated rings. The number of likely N-dealkylation sites (N-methyl/N-ethyl adjacent to an activating group) is 1. The summed E-state index contributed by atoms with van der Waals surface area (Å²) in [6.07, 6.45) is 1.70. The number of hydrogen-bond acceptors (Lipinski definition) is 7. The maximum Gasteiger partial charge on any atom is 0.261 e. The van der Waals surface area contributed by atoms with Crippen molar-refractivity contribution in [3.05, 3.63) is 89.5 Å². The zero-order chi connectivity index (χ0) is 34.1. The molecule has 2 N–H and O–H groups in total. The van der Waals surface area contributed by atoms with Crippen molar-refractivity contribution in [3.63, 3.8) is 0 Å². The van der Waals surface area contributed by atoms with E-state index in [-0.39, 0.29) is 47.2 Å². The Morgan fingerprint density at radius 2 is 1.77 bits per heavy atom. The summed E-state index contributed by atoms with van der Waals surface area (Å²) in [6, 6.07) is 19.7. The number of ether oxygens (including phenoxy) is 2. The van der Waals surface area contributed by atoms with E-state index in [0.717, 1.165) is 18.4 Å². The lowest BCUT2D eigenvalue weighted by molar-refractivity contribution is -0.0149. The first-order chi connectivity index (χ1) is 22.4. The molecule has 254 valence electrons. The number of hydrogen-bond donors (Lipinski definition) is 2. The molecule has 4 atom stereocenters. The Kier molecular flexibility index (Phi) is 12.4. The van der Waals surface area contributed by atoms with Crippen molar-refractivity contribution in [2.24, 2.45) is 5.92 Å². The molecule has 0 aromatic heterocycles. The van der Waals surface area contributed by atoms with Gasteiger partial charge in [0.1, 0.15) is 5.75 Å². The third kappa shape index (κ3) is 9.56. The van der Waals surface area contributed by atoms with Gasteiger partial charge in [0.2, 0.25) is 0 Å². The fourth-order valence-electron chi connectivity index (χ4n) is 5.53. The molecule has 0 unspecified atom stereocenters. The predicted molar refractivity (Wildman–Crippen MR) is 182 cm³/mol. The van der Waals surface area contributed by atoms with Crippen molar-refractivity contribution in [2.75, 3.05) is 38.1 Å². The van der Waals surface area contributed by atoms with Crippen molar-refractivity contribution in [3.8, 4) is 5.75 Å². The van der Waals surface area contributed by atoms with Crippen LogP contribution in [-0.2, 0) is 14.8 Å². The van der Waals surface area contributed by atoms with Crippen molar-refractivity contribution >= 4 is 27.5 Å². The second-order valence-corrected chi connectivity index (χ2v) is 14.2. The number of sulfonamides is 1. The normalized spacial score (nSPS) is 20.3. The Labute approximate surface area is 278 Å². The van der Waals surface area contributed by atoms with E-state index in [1.807, 2.05) is 39.0 Å². The van der Waals surface area contributed by atoms with Crippen molar-refractivity contribution in [1.82, 2.24) is 9.80 Å². The standard InChI is InChI=1S/C36H47N3O7S/c1-25-14-17-31(18-15-25)47(43,44)37-30-16-19-33-32(21-30)36(42)39(27(3)24-40)22-26(2)34(45-20-10-9-11-28(4)46-33)23-38(5)35(41)29-12-7-6-8-13-29/h6-8,12-19,21,26-28,34,37,40H,9-11,20,22-24H2,1-5H3/t26-,27+,28-,34-/m1/s1. The molecule has 0 spiro atoms. The molecule has 10 nitrogen and oxygen atoms in total. The van der Waals surface area contributed by atoms with Gasteiger partial charge in [-0.3, -0.25) is 14.3 Å². The fourth-order valence-corrected chi connectivity index (χ4v) is 6.58. The van der Waals surface area contributed by atoms with Gasteiger partial charge in [0, 0.05) is 43.9 Å². The van der Waals surface area contributed by atoms with Gasteiger partial charge in [-0.05, 0) is 82.5 Å². The summed E-state index contributed by atoms with van der Waals surface area (Å²) in [5.41, 5.74) is 1.90. The van der Waals surface area contributed by atoms with Crippen LogP contribution in [0.25, 0.3) is 0 Å². The van der Waals surface area contributed by atoms with E-state index in [1.165, 1.54) is 18.2 Å². The van der Waals surface area contributed by atoms with Gasteiger partial charge in [0.05, 0.1) is 35.3 Å². The highest BCUT2D eigenvalue weighted by Crippen LogP contribution is 2.29. The zero-order valence-electron chi connectivity index (χ0n) is 27.9. The van der Waals surface area contributed by atoms with E-state index >= 15 is 0 Å². The third-order valence-corrected chi connectivity index (χ3v) is 9.85. The van der Waals surface area contributed by atoms with E-state index in [1.54, 1.807) is 60.2 Å². The van der Waals surface area contributed by atoms with Gasteiger partial charge in [-0.1, -0.05) is 42.8 Å². The molecule has 0 bridgehead atoms. The smallest absolute Gasteiger partial charge is 0.261 e. The topological polar surface area (TPSA) is 125 Å². The quantitative estimate of drug-likeness (QED) is 0.332. The van der Waals surface area contributed by atoms with E-state index < -0.39 is 28.1 Å². The largest absolute Gasteiger partial charge is 0.490 e. The Morgan fingerprint density at radius 1 is 1.06 bits per heavy atom. The van der Waals surface area contributed by atoms with Crippen LogP contribution in [0.1, 0.15) is 66.3 Å². The average molecular weight is 666 g/mol. The van der Waals surface area contributed by atoms with E-state index in [0.29, 0.717) is 30.9 Å². The third-order valence-electron chi connectivity index (χ3n) is 8.46. The molecular weight excluding hydrogens is 618 g/mol. The number of aryl methyl sites for hydroxylation is 1. The van der Waals surface area contributed by atoms with Gasteiger partial charge < -0.3 is 24.4 Å². The van der Waals surface area contributed by atoms with Crippen molar-refractivity contribution in [1.29, 1.82) is 0 Å². The summed E-state index contributed by atoms with van der Waals surface area (Å²) in [5, 5.41) is 10.2.